The lowest BCUT2D eigenvalue weighted by Gasteiger charge is -2.25. The van der Waals surface area contributed by atoms with E-state index >= 15 is 0 Å². The number of fused-ring (bicyclic) bond motifs is 2. The predicted octanol–water partition coefficient (Wildman–Crippen LogP) is 1.61. The van der Waals surface area contributed by atoms with Crippen LogP contribution >= 0.6 is 0 Å². The van der Waals surface area contributed by atoms with Gasteiger partial charge in [-0.25, -0.2) is 0 Å². The van der Waals surface area contributed by atoms with Crippen LogP contribution in [0.2, 0.25) is 0 Å². The van der Waals surface area contributed by atoms with Crippen LogP contribution in [0.3, 0.4) is 0 Å². The van der Waals surface area contributed by atoms with Gasteiger partial charge in [-0.05, 0) is 11.6 Å². The number of aliphatic carboxylic acids is 1. The van der Waals surface area contributed by atoms with Crippen LogP contribution in [0, 0.1) is 11.8 Å². The molecule has 0 radical (unpaired) electrons. The van der Waals surface area contributed by atoms with Gasteiger partial charge in [-0.1, -0.05) is 60.7 Å². The number of benzene rings is 2. The molecule has 0 spiro atoms. The van der Waals surface area contributed by atoms with E-state index in [-0.39, 0.29) is 5.91 Å². The van der Waals surface area contributed by atoms with Crippen molar-refractivity contribution in [3.05, 3.63) is 66.7 Å². The molecule has 2 aromatic rings. The Balaban J connectivity index is 1.62. The predicted molar refractivity (Wildman–Crippen MR) is 90.3 cm³/mol. The van der Waals surface area contributed by atoms with Crippen LogP contribution in [-0.4, -0.2) is 24.1 Å². The number of carboxylic acid groups (broad SMARTS) is 1. The maximum atomic E-state index is 12.8. The van der Waals surface area contributed by atoms with Crippen LogP contribution in [0.4, 0.5) is 5.69 Å². The Labute approximate surface area is 144 Å². The number of carbonyl (C=O) groups is 2. The molecular weight excluding hydrogens is 318 g/mol. The molecule has 2 aliphatic rings. The van der Waals surface area contributed by atoms with E-state index in [1.807, 2.05) is 48.5 Å². The van der Waals surface area contributed by atoms with E-state index in [9.17, 15) is 14.7 Å². The Bertz CT molecular complexity index is 846. The molecule has 1 N–H and O–H groups in total. The van der Waals surface area contributed by atoms with Gasteiger partial charge >= 0.3 is 0 Å². The molecular formula is C20H16NO4-. The van der Waals surface area contributed by atoms with Gasteiger partial charge in [0.1, 0.15) is 0 Å². The van der Waals surface area contributed by atoms with Gasteiger partial charge in [-0.15, -0.1) is 0 Å². The number of anilines is 1. The Hall–Kier alpha value is -2.92. The van der Waals surface area contributed by atoms with Crippen molar-refractivity contribution in [3.8, 4) is 11.1 Å². The molecule has 4 atom stereocenters. The van der Waals surface area contributed by atoms with E-state index in [4.69, 9.17) is 4.74 Å². The van der Waals surface area contributed by atoms with Crippen LogP contribution < -0.4 is 10.4 Å². The van der Waals surface area contributed by atoms with Crippen molar-refractivity contribution in [1.29, 1.82) is 0 Å². The topological polar surface area (TPSA) is 78.5 Å². The van der Waals surface area contributed by atoms with E-state index in [1.54, 1.807) is 18.2 Å². The average Bonchev–Trinajstić information content (AvgIpc) is 3.24. The van der Waals surface area contributed by atoms with Crippen LogP contribution in [0.1, 0.15) is 0 Å². The fourth-order valence-corrected chi connectivity index (χ4v) is 3.58. The summed E-state index contributed by atoms with van der Waals surface area (Å²) in [5.41, 5.74) is 2.49. The fraction of sp³-hybridized carbons (Fsp3) is 0.200. The van der Waals surface area contributed by atoms with Gasteiger partial charge in [0, 0.05) is 23.1 Å². The number of rotatable bonds is 4. The third kappa shape index (κ3) is 2.72. The van der Waals surface area contributed by atoms with Crippen molar-refractivity contribution in [2.45, 2.75) is 12.2 Å². The zero-order valence-corrected chi connectivity index (χ0v) is 13.3. The molecule has 0 unspecified atom stereocenters. The first-order valence-corrected chi connectivity index (χ1v) is 8.15. The van der Waals surface area contributed by atoms with E-state index < -0.39 is 30.0 Å². The molecule has 2 bridgehead atoms. The third-order valence-corrected chi connectivity index (χ3v) is 4.74. The maximum absolute atomic E-state index is 12.8. The van der Waals surface area contributed by atoms with E-state index in [0.717, 1.165) is 11.1 Å². The first-order chi connectivity index (χ1) is 12.1. The highest BCUT2D eigenvalue weighted by atomic mass is 16.5. The fourth-order valence-electron chi connectivity index (χ4n) is 3.58. The third-order valence-electron chi connectivity index (χ3n) is 4.74. The minimum absolute atomic E-state index is 0.366. The molecule has 5 heteroatoms. The van der Waals surface area contributed by atoms with Gasteiger partial charge < -0.3 is 20.0 Å². The SMILES string of the molecule is O=C(Nc1ccccc1-c1ccccc1)[C@@H]1[C@@H](C(=O)[O-])[C@H]2C=C[C@@H]1O2. The number of hydrogen-bond donors (Lipinski definition) is 1. The summed E-state index contributed by atoms with van der Waals surface area (Å²) in [6.07, 6.45) is 2.33. The first kappa shape index (κ1) is 15.6. The highest BCUT2D eigenvalue weighted by molar-refractivity contribution is 5.99. The highest BCUT2D eigenvalue weighted by Crippen LogP contribution is 2.40. The summed E-state index contributed by atoms with van der Waals surface area (Å²) >= 11 is 0. The van der Waals surface area contributed by atoms with E-state index in [0.29, 0.717) is 5.69 Å². The number of carbonyl (C=O) groups excluding carboxylic acids is 2. The Morgan fingerprint density at radius 1 is 0.880 bits per heavy atom. The van der Waals surface area contributed by atoms with Crippen LogP contribution in [-0.2, 0) is 14.3 Å². The zero-order chi connectivity index (χ0) is 17.4. The maximum Gasteiger partial charge on any atom is 0.231 e. The Morgan fingerprint density at radius 3 is 2.24 bits per heavy atom. The van der Waals surface area contributed by atoms with Crippen molar-refractivity contribution in [2.75, 3.05) is 5.32 Å². The van der Waals surface area contributed by atoms with Crippen molar-refractivity contribution in [1.82, 2.24) is 0 Å². The average molecular weight is 334 g/mol. The number of para-hydroxylation sites is 1. The molecule has 5 nitrogen and oxygen atoms in total. The summed E-state index contributed by atoms with van der Waals surface area (Å²) in [5, 5.41) is 14.3. The normalized spacial score (nSPS) is 26.6. The Morgan fingerprint density at radius 2 is 1.52 bits per heavy atom. The van der Waals surface area contributed by atoms with Gasteiger partial charge in [0.25, 0.3) is 0 Å². The summed E-state index contributed by atoms with van der Waals surface area (Å²) in [6, 6.07) is 17.1. The molecule has 4 rings (SSSR count). The molecule has 2 heterocycles. The number of nitrogens with one attached hydrogen (secondary N) is 1. The van der Waals surface area contributed by atoms with E-state index in [1.165, 1.54) is 0 Å². The standard InChI is InChI=1S/C20H17NO4/c22-19(17-15-10-11-16(25-15)18(17)20(23)24)21-14-9-5-4-8-13(14)12-6-2-1-3-7-12/h1-11,15-18H,(H,21,22)(H,23,24)/p-1/t15-,16+,17-,18-/m0/s1. The second kappa shape index (κ2) is 6.18. The summed E-state index contributed by atoms with van der Waals surface area (Å²) < 4.78 is 5.54. The second-order valence-electron chi connectivity index (χ2n) is 6.22. The van der Waals surface area contributed by atoms with Gasteiger partial charge in [0.15, 0.2) is 0 Å². The minimum Gasteiger partial charge on any atom is -0.550 e. The summed E-state index contributed by atoms with van der Waals surface area (Å²) in [5.74, 6) is -3.37. The van der Waals surface area contributed by atoms with Gasteiger partial charge in [-0.3, -0.25) is 4.79 Å². The van der Waals surface area contributed by atoms with Gasteiger partial charge in [0.05, 0.1) is 18.1 Å². The first-order valence-electron chi connectivity index (χ1n) is 8.15. The van der Waals surface area contributed by atoms with Gasteiger partial charge in [0.2, 0.25) is 5.91 Å². The molecule has 25 heavy (non-hydrogen) atoms. The van der Waals surface area contributed by atoms with Crippen molar-refractivity contribution in [2.24, 2.45) is 11.8 Å². The number of ether oxygens (including phenoxy) is 1. The summed E-state index contributed by atoms with van der Waals surface area (Å²) in [7, 11) is 0. The lowest BCUT2D eigenvalue weighted by molar-refractivity contribution is -0.313. The lowest BCUT2D eigenvalue weighted by atomic mass is 9.82. The molecule has 0 saturated carbocycles. The van der Waals surface area contributed by atoms with Gasteiger partial charge in [-0.2, -0.15) is 0 Å². The molecule has 1 saturated heterocycles. The lowest BCUT2D eigenvalue weighted by Crippen LogP contribution is -2.45. The second-order valence-corrected chi connectivity index (χ2v) is 6.22. The molecule has 126 valence electrons. The quantitative estimate of drug-likeness (QED) is 0.862. The van der Waals surface area contributed by atoms with Crippen LogP contribution in [0.5, 0.6) is 0 Å². The molecule has 0 aromatic heterocycles. The van der Waals surface area contributed by atoms with Crippen molar-refractivity contribution < 1.29 is 19.4 Å². The molecule has 1 fully saturated rings. The summed E-state index contributed by atoms with van der Waals surface area (Å²) in [4.78, 5) is 24.2. The molecule has 1 amide bonds. The Kier molecular flexibility index (Phi) is 3.86. The monoisotopic (exact) mass is 334 g/mol. The molecule has 0 aliphatic carbocycles. The highest BCUT2D eigenvalue weighted by Gasteiger charge is 2.50. The van der Waals surface area contributed by atoms with E-state index in [2.05, 4.69) is 5.32 Å². The number of hydrogen-bond acceptors (Lipinski definition) is 4. The zero-order valence-electron chi connectivity index (χ0n) is 13.3. The molecule has 2 aromatic carbocycles. The number of carboxylic acids is 1. The van der Waals surface area contributed by atoms with Crippen molar-refractivity contribution >= 4 is 17.6 Å². The minimum atomic E-state index is -1.26. The van der Waals surface area contributed by atoms with Crippen LogP contribution in [0.25, 0.3) is 11.1 Å². The van der Waals surface area contributed by atoms with Crippen molar-refractivity contribution in [3.63, 3.8) is 0 Å². The summed E-state index contributed by atoms with van der Waals surface area (Å²) in [6.45, 7) is 0. The largest absolute Gasteiger partial charge is 0.550 e. The smallest absolute Gasteiger partial charge is 0.231 e. The van der Waals surface area contributed by atoms with Crippen LogP contribution in [0.15, 0.2) is 66.7 Å². The number of amides is 1. The molecule has 2 aliphatic heterocycles.